The molecule has 0 aliphatic heterocycles. The van der Waals surface area contributed by atoms with Gasteiger partial charge >= 0.3 is 0 Å². The van der Waals surface area contributed by atoms with E-state index in [9.17, 15) is 9.59 Å². The highest BCUT2D eigenvalue weighted by Gasteiger charge is 2.21. The number of hydrogen-bond acceptors (Lipinski definition) is 9. The first-order valence-electron chi connectivity index (χ1n) is 14.7. The van der Waals surface area contributed by atoms with Gasteiger partial charge in [-0.25, -0.2) is 0 Å². The third-order valence-electron chi connectivity index (χ3n) is 6.22. The Kier molecular flexibility index (Phi) is 12.8. The molecule has 2 amide bonds. The molecular formula is C32H35Cl2N5O6S. The van der Waals surface area contributed by atoms with Gasteiger partial charge in [-0.3, -0.25) is 14.2 Å². The first-order chi connectivity index (χ1) is 22.3. The number of amides is 2. The van der Waals surface area contributed by atoms with Crippen LogP contribution in [0.5, 0.6) is 23.0 Å². The molecule has 1 aromatic heterocycles. The van der Waals surface area contributed by atoms with Gasteiger partial charge in [-0.05, 0) is 82.3 Å². The van der Waals surface area contributed by atoms with E-state index >= 15 is 0 Å². The quantitative estimate of drug-likeness (QED) is 0.122. The third kappa shape index (κ3) is 8.99. The normalized spacial score (nSPS) is 10.7. The first kappa shape index (κ1) is 34.7. The molecule has 11 nitrogen and oxygen atoms in total. The van der Waals surface area contributed by atoms with Crippen molar-refractivity contribution in [2.45, 2.75) is 39.4 Å². The van der Waals surface area contributed by atoms with Gasteiger partial charge in [0.05, 0.1) is 54.5 Å². The van der Waals surface area contributed by atoms with Crippen LogP contribution in [-0.2, 0) is 11.3 Å². The van der Waals surface area contributed by atoms with Gasteiger partial charge in [0.15, 0.2) is 22.5 Å². The minimum absolute atomic E-state index is 0.00611. The maximum atomic E-state index is 13.4. The molecule has 0 saturated carbocycles. The second-order valence-electron chi connectivity index (χ2n) is 9.41. The summed E-state index contributed by atoms with van der Waals surface area (Å²) in [6.45, 7) is 9.17. The smallest absolute Gasteiger partial charge is 0.251 e. The first-order valence-corrected chi connectivity index (χ1v) is 16.4. The Morgan fingerprint density at radius 2 is 1.46 bits per heavy atom. The number of benzene rings is 3. The van der Waals surface area contributed by atoms with Crippen LogP contribution in [0.25, 0.3) is 5.69 Å². The Hall–Kier alpha value is -4.13. The zero-order chi connectivity index (χ0) is 33.1. The zero-order valence-corrected chi connectivity index (χ0v) is 28.2. The van der Waals surface area contributed by atoms with E-state index in [1.54, 1.807) is 59.2 Å². The van der Waals surface area contributed by atoms with E-state index in [0.29, 0.717) is 81.6 Å². The number of aromatic nitrogens is 3. The average Bonchev–Trinajstić information content (AvgIpc) is 3.45. The molecule has 1 heterocycles. The van der Waals surface area contributed by atoms with Crippen LogP contribution < -0.4 is 29.6 Å². The number of halogens is 2. The predicted molar refractivity (Wildman–Crippen MR) is 179 cm³/mol. The van der Waals surface area contributed by atoms with Crippen molar-refractivity contribution in [2.75, 3.05) is 37.5 Å². The number of thioether (sulfide) groups is 1. The monoisotopic (exact) mass is 687 g/mol. The van der Waals surface area contributed by atoms with E-state index in [1.807, 2.05) is 27.7 Å². The highest BCUT2D eigenvalue weighted by atomic mass is 35.5. The Morgan fingerprint density at radius 1 is 0.804 bits per heavy atom. The number of nitrogens with one attached hydrogen (secondary N) is 2. The van der Waals surface area contributed by atoms with Crippen LogP contribution in [0.2, 0.25) is 10.0 Å². The number of carbonyl (C=O) groups is 2. The number of carbonyl (C=O) groups excluding carboxylic acids is 2. The van der Waals surface area contributed by atoms with Crippen molar-refractivity contribution >= 4 is 52.5 Å². The van der Waals surface area contributed by atoms with Crippen molar-refractivity contribution in [3.63, 3.8) is 0 Å². The lowest BCUT2D eigenvalue weighted by atomic mass is 10.1. The lowest BCUT2D eigenvalue weighted by molar-refractivity contribution is -0.113. The maximum Gasteiger partial charge on any atom is 0.251 e. The summed E-state index contributed by atoms with van der Waals surface area (Å²) in [6, 6.07) is 15.4. The standard InChI is InChI=1S/C32H35Cl2N5O6S/c1-5-42-23-12-9-21(10-13-23)36-29(40)19-46-32-38-37-28(39(32)22-11-14-24(33)25(34)17-22)18-35-31(41)20-15-26(43-6-2)30(45-8-4)27(16-20)44-7-3/h9-17H,5-8,18-19H2,1-4H3,(H,35,41)(H,36,40). The minimum atomic E-state index is -0.391. The number of ether oxygens (including phenoxy) is 4. The van der Waals surface area contributed by atoms with Crippen molar-refractivity contribution < 1.29 is 28.5 Å². The highest BCUT2D eigenvalue weighted by Crippen LogP contribution is 2.39. The van der Waals surface area contributed by atoms with Crippen LogP contribution in [0.3, 0.4) is 0 Å². The topological polar surface area (TPSA) is 126 Å². The SMILES string of the molecule is CCOc1ccc(NC(=O)CSc2nnc(CNC(=O)c3cc(OCC)c(OCC)c(OCC)c3)n2-c2ccc(Cl)c(Cl)c2)cc1. The molecule has 0 bridgehead atoms. The van der Waals surface area contributed by atoms with Crippen LogP contribution in [0.4, 0.5) is 5.69 Å². The summed E-state index contributed by atoms with van der Waals surface area (Å²) < 4.78 is 24.4. The van der Waals surface area contributed by atoms with Crippen LogP contribution in [0, 0.1) is 0 Å². The number of anilines is 1. The van der Waals surface area contributed by atoms with Crippen molar-refractivity contribution in [3.8, 4) is 28.7 Å². The van der Waals surface area contributed by atoms with Gasteiger partial charge in [0.25, 0.3) is 5.91 Å². The second-order valence-corrected chi connectivity index (χ2v) is 11.2. The van der Waals surface area contributed by atoms with Crippen molar-refractivity contribution in [2.24, 2.45) is 0 Å². The van der Waals surface area contributed by atoms with Crippen molar-refractivity contribution in [3.05, 3.63) is 76.0 Å². The van der Waals surface area contributed by atoms with Gasteiger partial charge in [-0.1, -0.05) is 35.0 Å². The molecule has 0 unspecified atom stereocenters. The molecule has 0 spiro atoms. The minimum Gasteiger partial charge on any atom is -0.494 e. The summed E-state index contributed by atoms with van der Waals surface area (Å²) in [5, 5.41) is 15.5. The van der Waals surface area contributed by atoms with Gasteiger partial charge in [-0.15, -0.1) is 10.2 Å². The molecule has 244 valence electrons. The molecule has 0 saturated heterocycles. The van der Waals surface area contributed by atoms with Crippen LogP contribution in [0.1, 0.15) is 43.9 Å². The summed E-state index contributed by atoms with van der Waals surface area (Å²) in [6.07, 6.45) is 0. The molecule has 0 fully saturated rings. The van der Waals surface area contributed by atoms with Gasteiger partial charge < -0.3 is 29.6 Å². The summed E-state index contributed by atoms with van der Waals surface area (Å²) in [5.74, 6) is 1.79. The molecule has 14 heteroatoms. The fourth-order valence-electron chi connectivity index (χ4n) is 4.30. The largest absolute Gasteiger partial charge is 0.494 e. The van der Waals surface area contributed by atoms with E-state index < -0.39 is 5.91 Å². The summed E-state index contributed by atoms with van der Waals surface area (Å²) in [4.78, 5) is 26.2. The van der Waals surface area contributed by atoms with E-state index in [4.69, 9.17) is 42.1 Å². The average molecular weight is 689 g/mol. The number of rotatable bonds is 16. The predicted octanol–water partition coefficient (Wildman–Crippen LogP) is 6.83. The molecular weight excluding hydrogens is 653 g/mol. The Labute approximate surface area is 281 Å². The Balaban J connectivity index is 1.54. The van der Waals surface area contributed by atoms with Crippen LogP contribution >= 0.6 is 35.0 Å². The van der Waals surface area contributed by atoms with Crippen LogP contribution in [-0.4, -0.2) is 58.8 Å². The summed E-state index contributed by atoms with van der Waals surface area (Å²) in [5.41, 5.74) is 1.56. The lowest BCUT2D eigenvalue weighted by Crippen LogP contribution is -2.25. The lowest BCUT2D eigenvalue weighted by Gasteiger charge is -2.17. The van der Waals surface area contributed by atoms with Crippen LogP contribution in [0.15, 0.2) is 59.8 Å². The summed E-state index contributed by atoms with van der Waals surface area (Å²) >= 11 is 13.7. The van der Waals surface area contributed by atoms with E-state index in [-0.39, 0.29) is 18.2 Å². The van der Waals surface area contributed by atoms with Gasteiger partial charge in [0.1, 0.15) is 5.75 Å². The molecule has 3 aromatic carbocycles. The Bertz CT molecular complexity index is 1620. The molecule has 0 atom stereocenters. The summed E-state index contributed by atoms with van der Waals surface area (Å²) in [7, 11) is 0. The maximum absolute atomic E-state index is 13.4. The van der Waals surface area contributed by atoms with Gasteiger partial charge in [0, 0.05) is 11.3 Å². The molecule has 46 heavy (non-hydrogen) atoms. The highest BCUT2D eigenvalue weighted by molar-refractivity contribution is 7.99. The van der Waals surface area contributed by atoms with Crippen molar-refractivity contribution in [1.29, 1.82) is 0 Å². The molecule has 4 aromatic rings. The molecule has 0 aliphatic carbocycles. The van der Waals surface area contributed by atoms with Crippen molar-refractivity contribution in [1.82, 2.24) is 20.1 Å². The second kappa shape index (κ2) is 17.0. The van der Waals surface area contributed by atoms with Gasteiger partial charge in [0.2, 0.25) is 11.7 Å². The van der Waals surface area contributed by atoms with E-state index in [2.05, 4.69) is 20.8 Å². The molecule has 0 radical (unpaired) electrons. The van der Waals surface area contributed by atoms with Gasteiger partial charge in [-0.2, -0.15) is 0 Å². The van der Waals surface area contributed by atoms with E-state index in [1.165, 1.54) is 11.8 Å². The number of hydrogen-bond donors (Lipinski definition) is 2. The fraction of sp³-hybridized carbons (Fsp3) is 0.312. The molecule has 2 N–H and O–H groups in total. The van der Waals surface area contributed by atoms with E-state index in [0.717, 1.165) is 5.75 Å². The third-order valence-corrected chi connectivity index (χ3v) is 7.89. The zero-order valence-electron chi connectivity index (χ0n) is 25.9. The Morgan fingerprint density at radius 3 is 2.07 bits per heavy atom. The molecule has 0 aliphatic rings. The fourth-order valence-corrected chi connectivity index (χ4v) is 5.36. The number of nitrogens with zero attached hydrogens (tertiary/aromatic N) is 3. The molecule has 4 rings (SSSR count).